The molecule has 0 fully saturated rings. The molecule has 1 heterocycles. The lowest BCUT2D eigenvalue weighted by Crippen LogP contribution is -1.87. The van der Waals surface area contributed by atoms with Gasteiger partial charge in [0.25, 0.3) is 0 Å². The molecule has 3 heteroatoms. The van der Waals surface area contributed by atoms with Crippen LogP contribution in [0, 0.1) is 5.82 Å². The van der Waals surface area contributed by atoms with Crippen LogP contribution in [-0.4, -0.2) is 4.98 Å². The van der Waals surface area contributed by atoms with Gasteiger partial charge in [-0.15, -0.1) is 0 Å². The molecule has 1 nitrogen and oxygen atoms in total. The second-order valence-corrected chi connectivity index (χ2v) is 3.33. The first-order valence-electron chi connectivity index (χ1n) is 3.90. The summed E-state index contributed by atoms with van der Waals surface area (Å²) in [5.41, 5.74) is 1.75. The summed E-state index contributed by atoms with van der Waals surface area (Å²) in [6.07, 6.45) is 1.71. The fraction of sp³-hybridized carbons (Fsp3) is 0.100. The van der Waals surface area contributed by atoms with Gasteiger partial charge in [-0.25, -0.2) is 4.39 Å². The Morgan fingerprint density at radius 3 is 3.00 bits per heavy atom. The standard InChI is InChI=1S/C10H7BrFN/c11-6-8-5-9(12)4-7-2-1-3-13-10(7)8/h1-5H,6H2. The zero-order valence-corrected chi connectivity index (χ0v) is 8.38. The van der Waals surface area contributed by atoms with Crippen molar-refractivity contribution in [1.29, 1.82) is 0 Å². The highest BCUT2D eigenvalue weighted by molar-refractivity contribution is 9.08. The van der Waals surface area contributed by atoms with E-state index in [-0.39, 0.29) is 5.82 Å². The van der Waals surface area contributed by atoms with E-state index < -0.39 is 0 Å². The zero-order chi connectivity index (χ0) is 9.26. The van der Waals surface area contributed by atoms with E-state index in [4.69, 9.17) is 0 Å². The summed E-state index contributed by atoms with van der Waals surface area (Å²) in [7, 11) is 0. The van der Waals surface area contributed by atoms with E-state index in [1.165, 1.54) is 12.1 Å². The fourth-order valence-corrected chi connectivity index (χ4v) is 1.76. The minimum atomic E-state index is -0.213. The van der Waals surface area contributed by atoms with Crippen LogP contribution in [0.15, 0.2) is 30.5 Å². The summed E-state index contributed by atoms with van der Waals surface area (Å²) in [5.74, 6) is -0.213. The summed E-state index contributed by atoms with van der Waals surface area (Å²) < 4.78 is 13.0. The fourth-order valence-electron chi connectivity index (χ4n) is 1.33. The van der Waals surface area contributed by atoms with Crippen molar-refractivity contribution in [1.82, 2.24) is 4.98 Å². The largest absolute Gasteiger partial charge is 0.256 e. The molecule has 0 spiro atoms. The maximum Gasteiger partial charge on any atom is 0.124 e. The predicted octanol–water partition coefficient (Wildman–Crippen LogP) is 3.27. The number of halogens is 2. The van der Waals surface area contributed by atoms with Crippen molar-refractivity contribution in [2.24, 2.45) is 0 Å². The van der Waals surface area contributed by atoms with Gasteiger partial charge in [0.15, 0.2) is 0 Å². The van der Waals surface area contributed by atoms with Crippen LogP contribution >= 0.6 is 15.9 Å². The highest BCUT2D eigenvalue weighted by atomic mass is 79.9. The van der Waals surface area contributed by atoms with E-state index in [0.717, 1.165) is 16.5 Å². The van der Waals surface area contributed by atoms with Crippen LogP contribution in [0.5, 0.6) is 0 Å². The molecule has 0 bridgehead atoms. The van der Waals surface area contributed by atoms with Gasteiger partial charge in [-0.05, 0) is 23.8 Å². The van der Waals surface area contributed by atoms with E-state index >= 15 is 0 Å². The first-order valence-corrected chi connectivity index (χ1v) is 5.02. The molecule has 0 aliphatic rings. The number of aromatic nitrogens is 1. The summed E-state index contributed by atoms with van der Waals surface area (Å²) in [6, 6.07) is 6.66. The second kappa shape index (κ2) is 3.42. The zero-order valence-electron chi connectivity index (χ0n) is 6.80. The Labute approximate surface area is 83.7 Å². The van der Waals surface area contributed by atoms with Crippen LogP contribution in [0.1, 0.15) is 5.56 Å². The number of hydrogen-bond donors (Lipinski definition) is 0. The van der Waals surface area contributed by atoms with E-state index in [1.54, 1.807) is 12.3 Å². The monoisotopic (exact) mass is 239 g/mol. The lowest BCUT2D eigenvalue weighted by molar-refractivity contribution is 0.628. The Hall–Kier alpha value is -0.960. The molecule has 0 radical (unpaired) electrons. The molecule has 2 aromatic rings. The van der Waals surface area contributed by atoms with Crippen LogP contribution in [-0.2, 0) is 5.33 Å². The van der Waals surface area contributed by atoms with Gasteiger partial charge in [0.05, 0.1) is 5.52 Å². The van der Waals surface area contributed by atoms with Crippen LogP contribution in [0.2, 0.25) is 0 Å². The third-order valence-electron chi connectivity index (χ3n) is 1.89. The molecular formula is C10H7BrFN. The molecule has 0 aliphatic heterocycles. The Balaban J connectivity index is 2.81. The van der Waals surface area contributed by atoms with Crippen molar-refractivity contribution in [3.05, 3.63) is 41.8 Å². The molecule has 0 saturated heterocycles. The minimum Gasteiger partial charge on any atom is -0.256 e. The molecule has 13 heavy (non-hydrogen) atoms. The first-order chi connectivity index (χ1) is 6.31. The van der Waals surface area contributed by atoms with E-state index in [2.05, 4.69) is 20.9 Å². The SMILES string of the molecule is Fc1cc(CBr)c2ncccc2c1. The Morgan fingerprint density at radius 1 is 1.38 bits per heavy atom. The smallest absolute Gasteiger partial charge is 0.124 e. The van der Waals surface area contributed by atoms with Gasteiger partial charge in [-0.1, -0.05) is 22.0 Å². The average Bonchev–Trinajstić information content (AvgIpc) is 2.16. The van der Waals surface area contributed by atoms with Crippen molar-refractivity contribution < 1.29 is 4.39 Å². The highest BCUT2D eigenvalue weighted by Gasteiger charge is 2.02. The van der Waals surface area contributed by atoms with Gasteiger partial charge in [-0.3, -0.25) is 4.98 Å². The minimum absolute atomic E-state index is 0.213. The van der Waals surface area contributed by atoms with E-state index in [0.29, 0.717) is 5.33 Å². The molecule has 1 aromatic heterocycles. The predicted molar refractivity (Wildman–Crippen MR) is 54.3 cm³/mol. The van der Waals surface area contributed by atoms with Crippen LogP contribution in [0.3, 0.4) is 0 Å². The summed E-state index contributed by atoms with van der Waals surface area (Å²) in [6.45, 7) is 0. The number of alkyl halides is 1. The molecule has 0 aliphatic carbocycles. The Bertz CT molecular complexity index is 442. The van der Waals surface area contributed by atoms with Crippen molar-refractivity contribution in [2.45, 2.75) is 5.33 Å². The number of fused-ring (bicyclic) bond motifs is 1. The number of benzene rings is 1. The number of nitrogens with zero attached hydrogens (tertiary/aromatic N) is 1. The molecule has 66 valence electrons. The highest BCUT2D eigenvalue weighted by Crippen LogP contribution is 2.20. The maximum absolute atomic E-state index is 13.0. The van der Waals surface area contributed by atoms with Gasteiger partial charge in [0.2, 0.25) is 0 Å². The summed E-state index contributed by atoms with van der Waals surface area (Å²) >= 11 is 3.31. The lowest BCUT2D eigenvalue weighted by atomic mass is 10.1. The van der Waals surface area contributed by atoms with Gasteiger partial charge in [0.1, 0.15) is 5.82 Å². The summed E-state index contributed by atoms with van der Waals surface area (Å²) in [5, 5.41) is 1.47. The molecule has 0 unspecified atom stereocenters. The first kappa shape index (κ1) is 8.63. The molecule has 0 N–H and O–H groups in total. The molecule has 1 aromatic carbocycles. The molecule has 2 rings (SSSR count). The van der Waals surface area contributed by atoms with Gasteiger partial charge in [0, 0.05) is 16.9 Å². The van der Waals surface area contributed by atoms with Crippen molar-refractivity contribution >= 4 is 26.8 Å². The Kier molecular flexibility index (Phi) is 2.27. The van der Waals surface area contributed by atoms with Gasteiger partial charge >= 0.3 is 0 Å². The van der Waals surface area contributed by atoms with Crippen molar-refractivity contribution in [3.8, 4) is 0 Å². The third kappa shape index (κ3) is 1.56. The van der Waals surface area contributed by atoms with Crippen LogP contribution in [0.25, 0.3) is 10.9 Å². The van der Waals surface area contributed by atoms with E-state index in [9.17, 15) is 4.39 Å². The average molecular weight is 240 g/mol. The van der Waals surface area contributed by atoms with Gasteiger partial charge < -0.3 is 0 Å². The van der Waals surface area contributed by atoms with Crippen molar-refractivity contribution in [2.75, 3.05) is 0 Å². The normalized spacial score (nSPS) is 10.6. The van der Waals surface area contributed by atoms with Crippen molar-refractivity contribution in [3.63, 3.8) is 0 Å². The lowest BCUT2D eigenvalue weighted by Gasteiger charge is -2.01. The second-order valence-electron chi connectivity index (χ2n) is 2.77. The van der Waals surface area contributed by atoms with Gasteiger partial charge in [-0.2, -0.15) is 0 Å². The quantitative estimate of drug-likeness (QED) is 0.697. The number of rotatable bonds is 1. The van der Waals surface area contributed by atoms with Crippen LogP contribution < -0.4 is 0 Å². The summed E-state index contributed by atoms with van der Waals surface area (Å²) in [4.78, 5) is 4.20. The molecule has 0 amide bonds. The molecule has 0 atom stereocenters. The third-order valence-corrected chi connectivity index (χ3v) is 2.50. The number of hydrogen-bond acceptors (Lipinski definition) is 1. The number of pyridine rings is 1. The topological polar surface area (TPSA) is 12.9 Å². The van der Waals surface area contributed by atoms with Crippen LogP contribution in [0.4, 0.5) is 4.39 Å². The molecular weight excluding hydrogens is 233 g/mol. The maximum atomic E-state index is 13.0. The van der Waals surface area contributed by atoms with E-state index in [1.807, 2.05) is 6.07 Å². The Morgan fingerprint density at radius 2 is 2.23 bits per heavy atom. The molecule has 0 saturated carbocycles.